The molecule has 0 spiro atoms. The molecule has 2 aromatic heterocycles. The van der Waals surface area contributed by atoms with Crippen LogP contribution in [0.4, 0.5) is 5.82 Å². The number of nitrogens with one attached hydrogen (secondary N) is 1. The van der Waals surface area contributed by atoms with E-state index in [-0.39, 0.29) is 11.8 Å². The van der Waals surface area contributed by atoms with Crippen LogP contribution in [-0.4, -0.2) is 35.4 Å². The lowest BCUT2D eigenvalue weighted by Gasteiger charge is -2.31. The molecule has 6 nitrogen and oxygen atoms in total. The standard InChI is InChI=1S/C13H19N5OS/c1-15-8-10-12(16-13-18(10)6-7-20-13)17-4-2-9(3-5-17)11(14)19/h6-7,9,15H,2-5,8H2,1H3,(H2,14,19). The van der Waals surface area contributed by atoms with Gasteiger partial charge in [0.05, 0.1) is 5.69 Å². The third-order valence-corrected chi connectivity index (χ3v) is 4.64. The van der Waals surface area contributed by atoms with E-state index in [1.807, 2.05) is 12.4 Å². The minimum Gasteiger partial charge on any atom is -0.369 e. The first-order valence-electron chi connectivity index (χ1n) is 6.84. The Morgan fingerprint density at radius 3 is 2.95 bits per heavy atom. The minimum atomic E-state index is -0.175. The van der Waals surface area contributed by atoms with Gasteiger partial charge in [-0.15, -0.1) is 11.3 Å². The van der Waals surface area contributed by atoms with Gasteiger partial charge in [-0.2, -0.15) is 0 Å². The van der Waals surface area contributed by atoms with E-state index in [0.29, 0.717) is 0 Å². The maximum absolute atomic E-state index is 11.2. The normalized spacial score (nSPS) is 16.9. The van der Waals surface area contributed by atoms with E-state index in [2.05, 4.69) is 20.8 Å². The first-order valence-corrected chi connectivity index (χ1v) is 7.72. The number of carbonyl (C=O) groups is 1. The van der Waals surface area contributed by atoms with Crippen LogP contribution in [-0.2, 0) is 11.3 Å². The predicted molar refractivity (Wildman–Crippen MR) is 80.0 cm³/mol. The SMILES string of the molecule is CNCc1c(N2CCC(C(N)=O)CC2)nc2sccn12. The van der Waals surface area contributed by atoms with Crippen molar-refractivity contribution in [2.75, 3.05) is 25.0 Å². The molecule has 0 aromatic carbocycles. The Hall–Kier alpha value is -1.60. The van der Waals surface area contributed by atoms with Gasteiger partial charge in [0.2, 0.25) is 5.91 Å². The number of imidazole rings is 1. The smallest absolute Gasteiger partial charge is 0.220 e. The summed E-state index contributed by atoms with van der Waals surface area (Å²) < 4.78 is 2.14. The van der Waals surface area contributed by atoms with Crippen molar-refractivity contribution in [3.05, 3.63) is 17.3 Å². The van der Waals surface area contributed by atoms with Gasteiger partial charge in [0.1, 0.15) is 0 Å². The van der Waals surface area contributed by atoms with Crippen molar-refractivity contribution in [2.24, 2.45) is 11.7 Å². The summed E-state index contributed by atoms with van der Waals surface area (Å²) in [5.74, 6) is 0.878. The summed E-state index contributed by atoms with van der Waals surface area (Å²) in [5, 5.41) is 5.25. The second-order valence-corrected chi connectivity index (χ2v) is 6.00. The molecule has 0 unspecified atom stereocenters. The minimum absolute atomic E-state index is 0.0164. The zero-order valence-electron chi connectivity index (χ0n) is 11.5. The molecule has 1 aliphatic rings. The monoisotopic (exact) mass is 293 g/mol. The number of hydrogen-bond acceptors (Lipinski definition) is 5. The lowest BCUT2D eigenvalue weighted by Crippen LogP contribution is -2.39. The fraction of sp³-hybridized carbons (Fsp3) is 0.538. The molecule has 108 valence electrons. The second kappa shape index (κ2) is 5.41. The van der Waals surface area contributed by atoms with Gasteiger partial charge >= 0.3 is 0 Å². The van der Waals surface area contributed by atoms with Crippen molar-refractivity contribution in [1.29, 1.82) is 0 Å². The maximum Gasteiger partial charge on any atom is 0.220 e. The van der Waals surface area contributed by atoms with Crippen LogP contribution in [0, 0.1) is 5.92 Å². The van der Waals surface area contributed by atoms with Gasteiger partial charge < -0.3 is 16.0 Å². The number of piperidine rings is 1. The molecular weight excluding hydrogens is 274 g/mol. The predicted octanol–water partition coefficient (Wildman–Crippen LogP) is 0.817. The molecule has 3 N–H and O–H groups in total. The summed E-state index contributed by atoms with van der Waals surface area (Å²) in [6, 6.07) is 0. The number of nitrogens with zero attached hydrogens (tertiary/aromatic N) is 3. The highest BCUT2D eigenvalue weighted by atomic mass is 32.1. The van der Waals surface area contributed by atoms with Gasteiger partial charge in [0, 0.05) is 37.1 Å². The molecule has 2 aromatic rings. The van der Waals surface area contributed by atoms with E-state index in [9.17, 15) is 4.79 Å². The highest BCUT2D eigenvalue weighted by molar-refractivity contribution is 7.15. The molecule has 1 fully saturated rings. The highest BCUT2D eigenvalue weighted by Crippen LogP contribution is 2.28. The number of aromatic nitrogens is 2. The lowest BCUT2D eigenvalue weighted by atomic mass is 9.96. The summed E-state index contributed by atoms with van der Waals surface area (Å²) in [5.41, 5.74) is 6.57. The summed E-state index contributed by atoms with van der Waals surface area (Å²) in [6.45, 7) is 2.47. The zero-order valence-corrected chi connectivity index (χ0v) is 12.3. The van der Waals surface area contributed by atoms with Gasteiger partial charge in [-0.05, 0) is 19.9 Å². The highest BCUT2D eigenvalue weighted by Gasteiger charge is 2.26. The van der Waals surface area contributed by atoms with E-state index < -0.39 is 0 Å². The largest absolute Gasteiger partial charge is 0.369 e. The number of primary amides is 1. The van der Waals surface area contributed by atoms with Crippen LogP contribution in [0.25, 0.3) is 4.96 Å². The molecule has 1 aliphatic heterocycles. The van der Waals surface area contributed by atoms with E-state index in [1.165, 1.54) is 5.69 Å². The van der Waals surface area contributed by atoms with E-state index >= 15 is 0 Å². The summed E-state index contributed by atoms with van der Waals surface area (Å²) in [4.78, 5) is 19.3. The Morgan fingerprint density at radius 2 is 2.30 bits per heavy atom. The molecule has 3 rings (SSSR count). The Bertz CT molecular complexity index is 611. The first kappa shape index (κ1) is 13.4. The number of rotatable bonds is 4. The van der Waals surface area contributed by atoms with E-state index in [1.54, 1.807) is 11.3 Å². The van der Waals surface area contributed by atoms with Crippen LogP contribution in [0.1, 0.15) is 18.5 Å². The van der Waals surface area contributed by atoms with Crippen molar-refractivity contribution in [3.8, 4) is 0 Å². The average molecular weight is 293 g/mol. The van der Waals surface area contributed by atoms with Gasteiger partial charge in [-0.1, -0.05) is 0 Å². The molecule has 0 radical (unpaired) electrons. The summed E-state index contributed by atoms with van der Waals surface area (Å²) in [6.07, 6.45) is 3.69. The number of hydrogen-bond donors (Lipinski definition) is 2. The molecule has 20 heavy (non-hydrogen) atoms. The number of thiazole rings is 1. The van der Waals surface area contributed by atoms with Crippen LogP contribution in [0.5, 0.6) is 0 Å². The number of nitrogens with two attached hydrogens (primary N) is 1. The molecular formula is C13H19N5OS. The molecule has 7 heteroatoms. The Kier molecular flexibility index (Phi) is 3.62. The third kappa shape index (κ3) is 2.27. The van der Waals surface area contributed by atoms with E-state index in [0.717, 1.165) is 43.3 Å². The Morgan fingerprint density at radius 1 is 1.55 bits per heavy atom. The average Bonchev–Trinajstić information content (AvgIpc) is 3.02. The zero-order chi connectivity index (χ0) is 14.1. The number of fused-ring (bicyclic) bond motifs is 1. The van der Waals surface area contributed by atoms with Crippen molar-refractivity contribution >= 4 is 28.0 Å². The van der Waals surface area contributed by atoms with Gasteiger partial charge in [-0.3, -0.25) is 9.20 Å². The Labute approximate surface area is 121 Å². The van der Waals surface area contributed by atoms with Crippen molar-refractivity contribution < 1.29 is 4.79 Å². The van der Waals surface area contributed by atoms with Gasteiger partial charge in [0.25, 0.3) is 0 Å². The quantitative estimate of drug-likeness (QED) is 0.875. The maximum atomic E-state index is 11.2. The second-order valence-electron chi connectivity index (χ2n) is 5.13. The molecule has 0 saturated carbocycles. The third-order valence-electron chi connectivity index (χ3n) is 3.88. The number of carbonyl (C=O) groups excluding carboxylic acids is 1. The molecule has 3 heterocycles. The van der Waals surface area contributed by atoms with Crippen molar-refractivity contribution in [3.63, 3.8) is 0 Å². The van der Waals surface area contributed by atoms with Crippen LogP contribution in [0.15, 0.2) is 11.6 Å². The molecule has 0 atom stereocenters. The fourth-order valence-corrected chi connectivity index (χ4v) is 3.51. The van der Waals surface area contributed by atoms with Crippen molar-refractivity contribution in [1.82, 2.24) is 14.7 Å². The molecule has 1 amide bonds. The van der Waals surface area contributed by atoms with Crippen LogP contribution in [0.3, 0.4) is 0 Å². The molecule has 0 aliphatic carbocycles. The summed E-state index contributed by atoms with van der Waals surface area (Å²) >= 11 is 1.64. The topological polar surface area (TPSA) is 75.7 Å². The van der Waals surface area contributed by atoms with Gasteiger partial charge in [0.15, 0.2) is 10.8 Å². The first-order chi connectivity index (χ1) is 9.70. The van der Waals surface area contributed by atoms with Crippen LogP contribution >= 0.6 is 11.3 Å². The van der Waals surface area contributed by atoms with E-state index in [4.69, 9.17) is 10.7 Å². The fourth-order valence-electron chi connectivity index (χ4n) is 2.78. The lowest BCUT2D eigenvalue weighted by molar-refractivity contribution is -0.122. The van der Waals surface area contributed by atoms with Crippen molar-refractivity contribution in [2.45, 2.75) is 19.4 Å². The number of anilines is 1. The molecule has 1 saturated heterocycles. The van der Waals surface area contributed by atoms with Crippen LogP contribution in [0.2, 0.25) is 0 Å². The van der Waals surface area contributed by atoms with Gasteiger partial charge in [-0.25, -0.2) is 4.98 Å². The number of amides is 1. The molecule has 0 bridgehead atoms. The van der Waals surface area contributed by atoms with Crippen LogP contribution < -0.4 is 16.0 Å². The Balaban J connectivity index is 1.85. The summed E-state index contributed by atoms with van der Waals surface area (Å²) in [7, 11) is 1.94.